The molecule has 0 aromatic heterocycles. The van der Waals surface area contributed by atoms with Crippen LogP contribution in [0.25, 0.3) is 0 Å². The number of benzene rings is 1. The second kappa shape index (κ2) is 2.38. The molecule has 1 aromatic rings. The Balaban J connectivity index is 2.61. The number of carbonyl (C=O) groups is 1. The molecular weight excluding hydrogens is 157 g/mol. The Labute approximate surface area is 69.2 Å². The first-order chi connectivity index (χ1) is 5.70. The van der Waals surface area contributed by atoms with Crippen LogP contribution < -0.4 is 5.73 Å². The van der Waals surface area contributed by atoms with Gasteiger partial charge < -0.3 is 5.73 Å². The van der Waals surface area contributed by atoms with Gasteiger partial charge in [-0.05, 0) is 12.5 Å². The molecule has 0 saturated heterocycles. The van der Waals surface area contributed by atoms with Crippen LogP contribution in [0.1, 0.15) is 15.9 Å². The number of fused-ring (bicyclic) bond motifs is 1. The van der Waals surface area contributed by atoms with Crippen LogP contribution in [0, 0.1) is 5.82 Å². The zero-order chi connectivity index (χ0) is 8.72. The van der Waals surface area contributed by atoms with E-state index in [1.54, 1.807) is 6.07 Å². The first kappa shape index (κ1) is 7.43. The van der Waals surface area contributed by atoms with Gasteiger partial charge in [0, 0.05) is 11.1 Å². The lowest BCUT2D eigenvalue weighted by molar-refractivity contribution is 0.0974. The van der Waals surface area contributed by atoms with E-state index >= 15 is 0 Å². The van der Waals surface area contributed by atoms with Crippen molar-refractivity contribution in [2.45, 2.75) is 12.5 Å². The average molecular weight is 165 g/mol. The summed E-state index contributed by atoms with van der Waals surface area (Å²) in [5.41, 5.74) is 6.40. The van der Waals surface area contributed by atoms with Gasteiger partial charge in [0.05, 0.1) is 6.04 Å². The van der Waals surface area contributed by atoms with Crippen LogP contribution >= 0.6 is 0 Å². The van der Waals surface area contributed by atoms with Crippen LogP contribution in [0.15, 0.2) is 18.2 Å². The summed E-state index contributed by atoms with van der Waals surface area (Å²) in [6.07, 6.45) is 0.334. The Morgan fingerprint density at radius 1 is 1.50 bits per heavy atom. The van der Waals surface area contributed by atoms with Gasteiger partial charge in [-0.3, -0.25) is 4.79 Å². The normalized spacial score (nSPS) is 21.2. The summed E-state index contributed by atoms with van der Waals surface area (Å²) in [6, 6.07) is 3.96. The maximum Gasteiger partial charge on any atom is 0.180 e. The number of hydrogen-bond donors (Lipinski definition) is 1. The molecular formula is C9H8FNO. The number of rotatable bonds is 0. The van der Waals surface area contributed by atoms with Gasteiger partial charge in [0.15, 0.2) is 5.78 Å². The minimum Gasteiger partial charge on any atom is -0.321 e. The van der Waals surface area contributed by atoms with Crippen LogP contribution in [0.3, 0.4) is 0 Å². The Bertz CT molecular complexity index is 348. The monoisotopic (exact) mass is 165 g/mol. The fourth-order valence-corrected chi connectivity index (χ4v) is 1.51. The number of nitrogens with two attached hydrogens (primary N) is 1. The van der Waals surface area contributed by atoms with Crippen molar-refractivity contribution in [3.63, 3.8) is 0 Å². The first-order valence-corrected chi connectivity index (χ1v) is 3.77. The lowest BCUT2D eigenvalue weighted by atomic mass is 10.1. The van der Waals surface area contributed by atoms with Gasteiger partial charge in [-0.2, -0.15) is 0 Å². The van der Waals surface area contributed by atoms with Gasteiger partial charge in [-0.1, -0.05) is 12.1 Å². The molecule has 1 aliphatic rings. The van der Waals surface area contributed by atoms with Gasteiger partial charge in [0.1, 0.15) is 5.82 Å². The molecule has 12 heavy (non-hydrogen) atoms. The highest BCUT2D eigenvalue weighted by atomic mass is 19.1. The van der Waals surface area contributed by atoms with E-state index in [2.05, 4.69) is 0 Å². The standard InChI is InChI=1S/C9H8FNO/c10-7-3-1-2-5-6(7)4-8(11)9(5)12/h1-3,8H,4,11H2. The molecule has 0 bridgehead atoms. The van der Waals surface area contributed by atoms with Crippen LogP contribution in [0.2, 0.25) is 0 Å². The summed E-state index contributed by atoms with van der Waals surface area (Å²) in [5, 5.41) is 0. The third kappa shape index (κ3) is 0.865. The third-order valence-electron chi connectivity index (χ3n) is 2.15. The van der Waals surface area contributed by atoms with Crippen molar-refractivity contribution in [1.82, 2.24) is 0 Å². The van der Waals surface area contributed by atoms with Crippen molar-refractivity contribution >= 4 is 5.78 Å². The number of hydrogen-bond acceptors (Lipinski definition) is 2. The van der Waals surface area contributed by atoms with Crippen LogP contribution in [-0.2, 0) is 6.42 Å². The molecule has 62 valence electrons. The summed E-state index contributed by atoms with van der Waals surface area (Å²) < 4.78 is 13.0. The van der Waals surface area contributed by atoms with E-state index in [-0.39, 0.29) is 11.6 Å². The topological polar surface area (TPSA) is 43.1 Å². The molecule has 1 aromatic carbocycles. The molecule has 2 N–H and O–H groups in total. The Kier molecular flexibility index (Phi) is 1.48. The van der Waals surface area contributed by atoms with Gasteiger partial charge in [-0.15, -0.1) is 0 Å². The molecule has 0 radical (unpaired) electrons. The van der Waals surface area contributed by atoms with E-state index in [0.717, 1.165) is 0 Å². The van der Waals surface area contributed by atoms with Crippen LogP contribution in [-0.4, -0.2) is 11.8 Å². The van der Waals surface area contributed by atoms with Crippen LogP contribution in [0.4, 0.5) is 4.39 Å². The first-order valence-electron chi connectivity index (χ1n) is 3.77. The average Bonchev–Trinajstić information content (AvgIpc) is 2.32. The van der Waals surface area contributed by atoms with Crippen molar-refractivity contribution in [1.29, 1.82) is 0 Å². The van der Waals surface area contributed by atoms with Gasteiger partial charge >= 0.3 is 0 Å². The van der Waals surface area contributed by atoms with Crippen molar-refractivity contribution in [2.24, 2.45) is 5.73 Å². The highest BCUT2D eigenvalue weighted by Crippen LogP contribution is 2.23. The lowest BCUT2D eigenvalue weighted by Crippen LogP contribution is -2.26. The lowest BCUT2D eigenvalue weighted by Gasteiger charge is -1.96. The molecule has 1 aliphatic carbocycles. The number of halogens is 1. The Hall–Kier alpha value is -1.22. The van der Waals surface area contributed by atoms with E-state index in [0.29, 0.717) is 17.5 Å². The maximum atomic E-state index is 13.0. The molecule has 0 saturated carbocycles. The molecule has 0 fully saturated rings. The minimum absolute atomic E-state index is 0.149. The predicted octanol–water partition coefficient (Wildman–Crippen LogP) is 0.892. The Morgan fingerprint density at radius 2 is 2.25 bits per heavy atom. The number of Topliss-reactive ketones (excluding diaryl/α,β-unsaturated/α-hetero) is 1. The summed E-state index contributed by atoms with van der Waals surface area (Å²) in [6.45, 7) is 0. The molecule has 0 spiro atoms. The number of carbonyl (C=O) groups excluding carboxylic acids is 1. The molecule has 2 rings (SSSR count). The fourth-order valence-electron chi connectivity index (χ4n) is 1.51. The van der Waals surface area contributed by atoms with Gasteiger partial charge in [0.25, 0.3) is 0 Å². The zero-order valence-electron chi connectivity index (χ0n) is 6.38. The molecule has 1 atom stereocenters. The van der Waals surface area contributed by atoms with E-state index in [4.69, 9.17) is 5.73 Å². The number of ketones is 1. The molecule has 3 heteroatoms. The van der Waals surface area contributed by atoms with Crippen molar-refractivity contribution in [2.75, 3.05) is 0 Å². The third-order valence-corrected chi connectivity index (χ3v) is 2.15. The van der Waals surface area contributed by atoms with Crippen molar-refractivity contribution in [3.8, 4) is 0 Å². The Morgan fingerprint density at radius 3 is 2.92 bits per heavy atom. The highest BCUT2D eigenvalue weighted by molar-refractivity contribution is 6.04. The molecule has 0 aliphatic heterocycles. The van der Waals surface area contributed by atoms with Crippen LogP contribution in [0.5, 0.6) is 0 Å². The largest absolute Gasteiger partial charge is 0.321 e. The summed E-state index contributed by atoms with van der Waals surface area (Å²) in [5.74, 6) is -0.474. The van der Waals surface area contributed by atoms with E-state index in [1.807, 2.05) is 0 Å². The van der Waals surface area contributed by atoms with E-state index in [9.17, 15) is 9.18 Å². The molecule has 0 amide bonds. The van der Waals surface area contributed by atoms with Gasteiger partial charge in [0.2, 0.25) is 0 Å². The fraction of sp³-hybridized carbons (Fsp3) is 0.222. The maximum absolute atomic E-state index is 13.0. The summed E-state index contributed by atoms with van der Waals surface area (Å²) in [7, 11) is 0. The van der Waals surface area contributed by atoms with Gasteiger partial charge in [-0.25, -0.2) is 4.39 Å². The highest BCUT2D eigenvalue weighted by Gasteiger charge is 2.29. The second-order valence-electron chi connectivity index (χ2n) is 2.94. The molecule has 0 heterocycles. The summed E-state index contributed by atoms with van der Waals surface area (Å²) >= 11 is 0. The van der Waals surface area contributed by atoms with E-state index in [1.165, 1.54) is 12.1 Å². The smallest absolute Gasteiger partial charge is 0.180 e. The zero-order valence-corrected chi connectivity index (χ0v) is 6.38. The molecule has 2 nitrogen and oxygen atoms in total. The summed E-state index contributed by atoms with van der Waals surface area (Å²) in [4.78, 5) is 11.3. The van der Waals surface area contributed by atoms with Crippen molar-refractivity contribution < 1.29 is 9.18 Å². The quantitative estimate of drug-likeness (QED) is 0.620. The van der Waals surface area contributed by atoms with Crippen molar-refractivity contribution in [3.05, 3.63) is 35.1 Å². The predicted molar refractivity (Wildman–Crippen MR) is 42.4 cm³/mol. The molecule has 1 unspecified atom stereocenters. The minimum atomic E-state index is -0.545. The van der Waals surface area contributed by atoms with E-state index < -0.39 is 6.04 Å². The SMILES string of the molecule is NC1Cc2c(F)cccc2C1=O. The second-order valence-corrected chi connectivity index (χ2v) is 2.94.